The first-order valence-electron chi connectivity index (χ1n) is 8.13. The summed E-state index contributed by atoms with van der Waals surface area (Å²) in [5, 5.41) is 19.1. The Morgan fingerprint density at radius 3 is 3.12 bits per heavy atom. The van der Waals surface area contributed by atoms with E-state index in [1.165, 1.54) is 0 Å². The second-order valence-corrected chi connectivity index (χ2v) is 6.15. The van der Waals surface area contributed by atoms with Crippen LogP contribution in [0.2, 0.25) is 0 Å². The van der Waals surface area contributed by atoms with Crippen LogP contribution in [0.5, 0.6) is 0 Å². The molecule has 0 saturated carbocycles. The zero-order valence-electron chi connectivity index (χ0n) is 13.3. The van der Waals surface area contributed by atoms with Crippen LogP contribution < -0.4 is 0 Å². The van der Waals surface area contributed by atoms with E-state index in [1.54, 1.807) is 25.5 Å². The van der Waals surface area contributed by atoms with Gasteiger partial charge in [0.15, 0.2) is 5.58 Å². The minimum atomic E-state index is -0.748. The van der Waals surface area contributed by atoms with Crippen LogP contribution in [0.25, 0.3) is 22.1 Å². The van der Waals surface area contributed by atoms with Gasteiger partial charge in [-0.25, -0.2) is 4.98 Å². The predicted octanol–water partition coefficient (Wildman–Crippen LogP) is 3.21. The molecule has 3 aromatic heterocycles. The summed E-state index contributed by atoms with van der Waals surface area (Å²) in [6.45, 7) is 1.68. The summed E-state index contributed by atoms with van der Waals surface area (Å²) in [7, 11) is 0. The quantitative estimate of drug-likeness (QED) is 0.793. The van der Waals surface area contributed by atoms with E-state index < -0.39 is 6.10 Å². The summed E-state index contributed by atoms with van der Waals surface area (Å²) in [6.07, 6.45) is 5.16. The summed E-state index contributed by atoms with van der Waals surface area (Å²) in [5.41, 5.74) is 2.82. The van der Waals surface area contributed by atoms with Gasteiger partial charge in [-0.15, -0.1) is 0 Å². The molecule has 0 spiro atoms. The summed E-state index contributed by atoms with van der Waals surface area (Å²) < 4.78 is 13.7. The maximum absolute atomic E-state index is 10.2. The zero-order chi connectivity index (χ0) is 16.7. The Balaban J connectivity index is 1.90. The van der Waals surface area contributed by atoms with E-state index in [2.05, 4.69) is 16.0 Å². The van der Waals surface area contributed by atoms with E-state index in [0.717, 1.165) is 30.3 Å². The van der Waals surface area contributed by atoms with Crippen molar-refractivity contribution in [2.75, 3.05) is 0 Å². The lowest BCUT2D eigenvalue weighted by Crippen LogP contribution is -2.27. The van der Waals surface area contributed by atoms with E-state index in [0.29, 0.717) is 23.3 Å². The standard InChI is InChI=1S/C17H18N4O3/c1-10(22)17-20-13-9-19-12-6-8-23-16(12)15(13)21(17)14-4-2-3-11(24-14)5-7-18/h6,8-11,14,22H,2-5H2,1H3/t10-,11-,14-/m1/s1. The smallest absolute Gasteiger partial charge is 0.178 e. The molecule has 7 nitrogen and oxygen atoms in total. The molecule has 0 bridgehead atoms. The van der Waals surface area contributed by atoms with Crippen LogP contribution >= 0.6 is 0 Å². The number of ether oxygens (including phenoxy) is 1. The van der Waals surface area contributed by atoms with Crippen LogP contribution in [0.1, 0.15) is 50.8 Å². The fraction of sp³-hybridized carbons (Fsp3) is 0.471. The van der Waals surface area contributed by atoms with E-state index >= 15 is 0 Å². The third kappa shape index (κ3) is 2.35. The van der Waals surface area contributed by atoms with Crippen LogP contribution in [0, 0.1) is 11.3 Å². The molecule has 7 heteroatoms. The highest BCUT2D eigenvalue weighted by molar-refractivity contribution is 5.98. The molecule has 0 aromatic carbocycles. The molecule has 1 fully saturated rings. The van der Waals surface area contributed by atoms with Gasteiger partial charge in [0, 0.05) is 6.07 Å². The van der Waals surface area contributed by atoms with Crippen molar-refractivity contribution in [1.29, 1.82) is 5.26 Å². The Morgan fingerprint density at radius 1 is 1.46 bits per heavy atom. The average Bonchev–Trinajstić information content (AvgIpc) is 3.19. The Morgan fingerprint density at radius 2 is 2.33 bits per heavy atom. The van der Waals surface area contributed by atoms with Crippen molar-refractivity contribution < 1.29 is 14.3 Å². The molecule has 0 aliphatic carbocycles. The van der Waals surface area contributed by atoms with Crippen molar-refractivity contribution in [1.82, 2.24) is 14.5 Å². The molecule has 4 heterocycles. The molecular weight excluding hydrogens is 308 g/mol. The third-order valence-electron chi connectivity index (χ3n) is 4.46. The number of aliphatic hydroxyl groups is 1. The number of fused-ring (bicyclic) bond motifs is 3. The number of nitrogens with zero attached hydrogens (tertiary/aromatic N) is 4. The average molecular weight is 326 g/mol. The van der Waals surface area contributed by atoms with Crippen LogP contribution in [-0.4, -0.2) is 25.7 Å². The number of nitriles is 1. The molecule has 24 heavy (non-hydrogen) atoms. The molecule has 1 saturated heterocycles. The van der Waals surface area contributed by atoms with E-state index in [4.69, 9.17) is 14.4 Å². The number of hydrogen-bond acceptors (Lipinski definition) is 6. The molecular formula is C17H18N4O3. The molecule has 1 aliphatic heterocycles. The predicted molar refractivity (Wildman–Crippen MR) is 85.9 cm³/mol. The number of rotatable bonds is 3. The highest BCUT2D eigenvalue weighted by Gasteiger charge is 2.29. The van der Waals surface area contributed by atoms with Crippen LogP contribution in [0.15, 0.2) is 22.9 Å². The minimum Gasteiger partial charge on any atom is -0.460 e. The topological polar surface area (TPSA) is 97.1 Å². The van der Waals surface area contributed by atoms with Gasteiger partial charge in [-0.3, -0.25) is 9.55 Å². The fourth-order valence-corrected chi connectivity index (χ4v) is 3.40. The largest absolute Gasteiger partial charge is 0.460 e. The van der Waals surface area contributed by atoms with Gasteiger partial charge in [0.2, 0.25) is 0 Å². The third-order valence-corrected chi connectivity index (χ3v) is 4.46. The Bertz CT molecular complexity index is 921. The van der Waals surface area contributed by atoms with E-state index in [9.17, 15) is 5.11 Å². The monoisotopic (exact) mass is 326 g/mol. The van der Waals surface area contributed by atoms with Crippen molar-refractivity contribution in [3.8, 4) is 6.07 Å². The van der Waals surface area contributed by atoms with Crippen LogP contribution in [0.3, 0.4) is 0 Å². The first-order chi connectivity index (χ1) is 11.7. The number of aliphatic hydroxyl groups excluding tert-OH is 1. The summed E-state index contributed by atoms with van der Waals surface area (Å²) in [5.74, 6) is 0.526. The molecule has 3 atom stereocenters. The molecule has 124 valence electrons. The van der Waals surface area contributed by atoms with E-state index in [-0.39, 0.29) is 12.3 Å². The maximum atomic E-state index is 10.2. The minimum absolute atomic E-state index is 0.0954. The number of pyridine rings is 1. The highest BCUT2D eigenvalue weighted by atomic mass is 16.5. The first-order valence-corrected chi connectivity index (χ1v) is 8.13. The van der Waals surface area contributed by atoms with Gasteiger partial charge < -0.3 is 14.3 Å². The van der Waals surface area contributed by atoms with E-state index in [1.807, 2.05) is 4.57 Å². The number of furan rings is 1. The molecule has 0 amide bonds. The van der Waals surface area contributed by atoms with Gasteiger partial charge in [0.25, 0.3) is 0 Å². The Kier molecular flexibility index (Phi) is 3.71. The molecule has 1 aliphatic rings. The van der Waals surface area contributed by atoms with Crippen LogP contribution in [0.4, 0.5) is 0 Å². The van der Waals surface area contributed by atoms with Gasteiger partial charge in [0.05, 0.1) is 31.1 Å². The molecule has 0 unspecified atom stereocenters. The van der Waals surface area contributed by atoms with Crippen molar-refractivity contribution in [2.45, 2.75) is 51.0 Å². The SMILES string of the molecule is C[C@@H](O)c1nc2cnc3ccoc3c2n1[C@H]1CCC[C@H](CC#N)O1. The highest BCUT2D eigenvalue weighted by Crippen LogP contribution is 2.36. The Hall–Kier alpha value is -2.43. The van der Waals surface area contributed by atoms with Crippen molar-refractivity contribution in [3.05, 3.63) is 24.4 Å². The lowest BCUT2D eigenvalue weighted by molar-refractivity contribution is -0.0876. The lowest BCUT2D eigenvalue weighted by Gasteiger charge is -2.31. The summed E-state index contributed by atoms with van der Waals surface area (Å²) >= 11 is 0. The summed E-state index contributed by atoms with van der Waals surface area (Å²) in [6, 6.07) is 3.98. The van der Waals surface area contributed by atoms with Gasteiger partial charge >= 0.3 is 0 Å². The van der Waals surface area contributed by atoms with Gasteiger partial charge in [-0.1, -0.05) is 0 Å². The van der Waals surface area contributed by atoms with Crippen molar-refractivity contribution in [3.63, 3.8) is 0 Å². The summed E-state index contributed by atoms with van der Waals surface area (Å²) in [4.78, 5) is 8.87. The molecule has 4 rings (SSSR count). The number of aromatic nitrogens is 3. The second-order valence-electron chi connectivity index (χ2n) is 6.15. The molecule has 0 radical (unpaired) electrons. The molecule has 1 N–H and O–H groups in total. The zero-order valence-corrected chi connectivity index (χ0v) is 13.3. The molecule has 3 aromatic rings. The first kappa shape index (κ1) is 15.1. The van der Waals surface area contributed by atoms with Crippen LogP contribution in [-0.2, 0) is 4.74 Å². The van der Waals surface area contributed by atoms with Crippen molar-refractivity contribution in [2.24, 2.45) is 0 Å². The van der Waals surface area contributed by atoms with Crippen molar-refractivity contribution >= 4 is 22.1 Å². The van der Waals surface area contributed by atoms with Gasteiger partial charge in [-0.2, -0.15) is 5.26 Å². The van der Waals surface area contributed by atoms with Gasteiger partial charge in [-0.05, 0) is 26.2 Å². The Labute approximate surface area is 138 Å². The lowest BCUT2D eigenvalue weighted by atomic mass is 10.1. The maximum Gasteiger partial charge on any atom is 0.178 e. The van der Waals surface area contributed by atoms with Gasteiger partial charge in [0.1, 0.15) is 34.7 Å². The number of hydrogen-bond donors (Lipinski definition) is 1. The fourth-order valence-electron chi connectivity index (χ4n) is 3.40. The normalized spacial score (nSPS) is 22.7. The second kappa shape index (κ2) is 5.89. The number of imidazole rings is 1.